The summed E-state index contributed by atoms with van der Waals surface area (Å²) in [5, 5.41) is 3.27. The molecule has 18 heavy (non-hydrogen) atoms. The van der Waals surface area contributed by atoms with E-state index in [1.165, 1.54) is 0 Å². The van der Waals surface area contributed by atoms with E-state index in [2.05, 4.69) is 12.2 Å². The molecule has 1 aromatic rings. The molecule has 0 aliphatic carbocycles. The summed E-state index contributed by atoms with van der Waals surface area (Å²) in [6.45, 7) is 4.04. The van der Waals surface area contributed by atoms with Crippen LogP contribution in [0.2, 0.25) is 0 Å². The summed E-state index contributed by atoms with van der Waals surface area (Å²) < 4.78 is 39.3. The highest BCUT2D eigenvalue weighted by Crippen LogP contribution is 2.17. The first kappa shape index (κ1) is 15.0. The summed E-state index contributed by atoms with van der Waals surface area (Å²) in [5.74, 6) is -2.43. The fourth-order valence-electron chi connectivity index (χ4n) is 1.84. The smallest absolute Gasteiger partial charge is 0.132 e. The molecule has 0 saturated heterocycles. The van der Waals surface area contributed by atoms with Gasteiger partial charge in [-0.1, -0.05) is 13.3 Å². The van der Waals surface area contributed by atoms with E-state index in [1.54, 1.807) is 0 Å². The maximum Gasteiger partial charge on any atom is 0.132 e. The molecule has 0 amide bonds. The van der Waals surface area contributed by atoms with E-state index in [1.807, 2.05) is 0 Å². The lowest BCUT2D eigenvalue weighted by Gasteiger charge is -2.06. The Bertz CT molecular complexity index is 343. The van der Waals surface area contributed by atoms with Gasteiger partial charge in [-0.15, -0.1) is 0 Å². The quantitative estimate of drug-likeness (QED) is 0.700. The van der Waals surface area contributed by atoms with Crippen molar-refractivity contribution in [3.8, 4) is 0 Å². The van der Waals surface area contributed by atoms with Crippen LogP contribution in [0.4, 0.5) is 13.2 Å². The Balaban J connectivity index is 2.27. The van der Waals surface area contributed by atoms with Crippen LogP contribution in [0.3, 0.4) is 0 Å². The zero-order valence-electron chi connectivity index (χ0n) is 10.7. The van der Waals surface area contributed by atoms with E-state index in [9.17, 15) is 13.2 Å². The maximum atomic E-state index is 13.3. The predicted octanol–water partition coefficient (Wildman–Crippen LogP) is 3.82. The van der Waals surface area contributed by atoms with Gasteiger partial charge in [0.15, 0.2) is 0 Å². The van der Waals surface area contributed by atoms with Crippen LogP contribution in [0, 0.1) is 17.5 Å². The molecule has 1 nitrogen and oxygen atoms in total. The molecule has 1 N–H and O–H groups in total. The number of rotatable bonds is 8. The normalized spacial score (nSPS) is 10.9. The minimum Gasteiger partial charge on any atom is -0.317 e. The summed E-state index contributed by atoms with van der Waals surface area (Å²) in [5.41, 5.74) is -0.00193. The molecule has 0 unspecified atom stereocenters. The van der Waals surface area contributed by atoms with Crippen molar-refractivity contribution < 1.29 is 13.2 Å². The van der Waals surface area contributed by atoms with E-state index >= 15 is 0 Å². The fraction of sp³-hybridized carbons (Fsp3) is 0.571. The Morgan fingerprint density at radius 3 is 2.22 bits per heavy atom. The lowest BCUT2D eigenvalue weighted by Crippen LogP contribution is -2.15. The van der Waals surface area contributed by atoms with E-state index in [-0.39, 0.29) is 5.56 Å². The van der Waals surface area contributed by atoms with Gasteiger partial charge in [-0.25, -0.2) is 13.2 Å². The van der Waals surface area contributed by atoms with Gasteiger partial charge in [0.1, 0.15) is 17.5 Å². The highest BCUT2D eigenvalue weighted by Gasteiger charge is 2.10. The van der Waals surface area contributed by atoms with Gasteiger partial charge >= 0.3 is 0 Å². The molecule has 0 saturated carbocycles. The Kier molecular flexibility index (Phi) is 6.80. The molecule has 4 heteroatoms. The van der Waals surface area contributed by atoms with Crippen LogP contribution in [0.15, 0.2) is 12.1 Å². The van der Waals surface area contributed by atoms with E-state index < -0.39 is 17.5 Å². The van der Waals surface area contributed by atoms with Crippen LogP contribution < -0.4 is 5.32 Å². The number of nitrogens with one attached hydrogen (secondary N) is 1. The molecule has 0 aliphatic rings. The fourth-order valence-corrected chi connectivity index (χ4v) is 1.84. The third kappa shape index (κ3) is 5.08. The molecule has 0 atom stereocenters. The number of halogens is 3. The second kappa shape index (κ2) is 8.14. The van der Waals surface area contributed by atoms with Crippen molar-refractivity contribution in [3.63, 3.8) is 0 Å². The number of unbranched alkanes of at least 4 members (excludes halogenated alkanes) is 2. The molecule has 0 heterocycles. The number of hydrogen-bond donors (Lipinski definition) is 1. The van der Waals surface area contributed by atoms with Crippen molar-refractivity contribution in [2.45, 2.75) is 39.0 Å². The molecule has 0 spiro atoms. The van der Waals surface area contributed by atoms with Gasteiger partial charge < -0.3 is 5.32 Å². The largest absolute Gasteiger partial charge is 0.317 e. The third-order valence-corrected chi connectivity index (χ3v) is 2.81. The summed E-state index contributed by atoms with van der Waals surface area (Å²) in [4.78, 5) is 0. The number of benzene rings is 1. The van der Waals surface area contributed by atoms with E-state index in [4.69, 9.17) is 0 Å². The summed E-state index contributed by atoms with van der Waals surface area (Å²) in [6.07, 6.45) is 4.04. The molecular formula is C14H20F3N. The maximum absolute atomic E-state index is 13.3. The molecule has 0 aromatic heterocycles. The lowest BCUT2D eigenvalue weighted by atomic mass is 10.1. The molecule has 102 valence electrons. The summed E-state index contributed by atoms with van der Waals surface area (Å²) in [7, 11) is 0. The zero-order chi connectivity index (χ0) is 13.4. The molecule has 0 aliphatic heterocycles. The third-order valence-electron chi connectivity index (χ3n) is 2.81. The lowest BCUT2D eigenvalue weighted by molar-refractivity contribution is 0.514. The van der Waals surface area contributed by atoms with Gasteiger partial charge in [-0.05, 0) is 38.8 Å². The Morgan fingerprint density at radius 1 is 0.944 bits per heavy atom. The average Bonchev–Trinajstić information content (AvgIpc) is 2.30. The predicted molar refractivity (Wildman–Crippen MR) is 67.0 cm³/mol. The molecule has 0 fully saturated rings. The van der Waals surface area contributed by atoms with Gasteiger partial charge in [0.2, 0.25) is 0 Å². The Morgan fingerprint density at radius 2 is 1.61 bits per heavy atom. The first-order chi connectivity index (χ1) is 8.65. The van der Waals surface area contributed by atoms with Crippen LogP contribution >= 0.6 is 0 Å². The molecular weight excluding hydrogens is 239 g/mol. The monoisotopic (exact) mass is 259 g/mol. The highest BCUT2D eigenvalue weighted by atomic mass is 19.1. The zero-order valence-corrected chi connectivity index (χ0v) is 10.7. The van der Waals surface area contributed by atoms with Crippen molar-refractivity contribution in [2.75, 3.05) is 13.1 Å². The van der Waals surface area contributed by atoms with Crippen LogP contribution in [0.1, 0.15) is 38.2 Å². The van der Waals surface area contributed by atoms with Crippen molar-refractivity contribution in [3.05, 3.63) is 35.1 Å². The van der Waals surface area contributed by atoms with Gasteiger partial charge in [0.25, 0.3) is 0 Å². The van der Waals surface area contributed by atoms with Crippen molar-refractivity contribution in [1.29, 1.82) is 0 Å². The van der Waals surface area contributed by atoms with Crippen LogP contribution in [0.5, 0.6) is 0 Å². The first-order valence-corrected chi connectivity index (χ1v) is 6.49. The van der Waals surface area contributed by atoms with Gasteiger partial charge in [0, 0.05) is 17.7 Å². The van der Waals surface area contributed by atoms with E-state index in [0.717, 1.165) is 44.5 Å². The van der Waals surface area contributed by atoms with E-state index in [0.29, 0.717) is 12.8 Å². The molecule has 1 aromatic carbocycles. The van der Waals surface area contributed by atoms with Crippen LogP contribution in [-0.2, 0) is 6.42 Å². The van der Waals surface area contributed by atoms with Crippen LogP contribution in [-0.4, -0.2) is 13.1 Å². The van der Waals surface area contributed by atoms with Crippen LogP contribution in [0.25, 0.3) is 0 Å². The number of hydrogen-bond acceptors (Lipinski definition) is 1. The second-order valence-corrected chi connectivity index (χ2v) is 4.41. The van der Waals surface area contributed by atoms with Gasteiger partial charge in [0.05, 0.1) is 0 Å². The Hall–Kier alpha value is -1.03. The van der Waals surface area contributed by atoms with Crippen molar-refractivity contribution >= 4 is 0 Å². The summed E-state index contributed by atoms with van der Waals surface area (Å²) >= 11 is 0. The highest BCUT2D eigenvalue weighted by molar-refractivity contribution is 5.20. The summed E-state index contributed by atoms with van der Waals surface area (Å²) in [6, 6.07) is 1.47. The topological polar surface area (TPSA) is 12.0 Å². The minimum atomic E-state index is -0.863. The minimum absolute atomic E-state index is 0.00193. The first-order valence-electron chi connectivity index (χ1n) is 6.49. The second-order valence-electron chi connectivity index (χ2n) is 4.41. The van der Waals surface area contributed by atoms with Crippen molar-refractivity contribution in [1.82, 2.24) is 5.32 Å². The average molecular weight is 259 g/mol. The van der Waals surface area contributed by atoms with Crippen molar-refractivity contribution in [2.24, 2.45) is 0 Å². The molecule has 0 bridgehead atoms. The standard InChI is InChI=1S/C14H20F3N/c1-2-7-18-8-5-3-4-6-12-13(16)9-11(15)10-14(12)17/h9-10,18H,2-8H2,1H3. The van der Waals surface area contributed by atoms with Gasteiger partial charge in [-0.2, -0.15) is 0 Å². The SMILES string of the molecule is CCCNCCCCCc1c(F)cc(F)cc1F. The van der Waals surface area contributed by atoms with Gasteiger partial charge in [-0.3, -0.25) is 0 Å². The molecule has 1 rings (SSSR count). The molecule has 0 radical (unpaired) electrons. The Labute approximate surface area is 106 Å².